The molecule has 0 N–H and O–H groups in total. The molecule has 8 nitrogen and oxygen atoms in total. The molecule has 2 aliphatic heterocycles. The molecule has 222 valence electrons. The van der Waals surface area contributed by atoms with Crippen molar-refractivity contribution in [3.8, 4) is 12.1 Å². The van der Waals surface area contributed by atoms with Gasteiger partial charge in [-0.3, -0.25) is 4.79 Å². The number of rotatable bonds is 6. The van der Waals surface area contributed by atoms with E-state index in [-0.39, 0.29) is 31.6 Å². The molecular weight excluding hydrogens is 562 g/mol. The van der Waals surface area contributed by atoms with Crippen LogP contribution in [0.15, 0.2) is 30.6 Å². The smallest absolute Gasteiger partial charge is 0.318 e. The van der Waals surface area contributed by atoms with E-state index in [1.165, 1.54) is 4.90 Å². The number of halogens is 3. The maximum Gasteiger partial charge on any atom is 0.318 e. The molecule has 0 saturated carbocycles. The summed E-state index contributed by atoms with van der Waals surface area (Å²) < 4.78 is 36.9. The number of piperazine rings is 1. The lowest BCUT2D eigenvalue weighted by atomic mass is 9.68. The third-order valence-electron chi connectivity index (χ3n) is 9.70. The highest BCUT2D eigenvalue weighted by molar-refractivity contribution is 6.31. The molecule has 1 aromatic heterocycles. The lowest BCUT2D eigenvalue weighted by Crippen LogP contribution is -2.55. The summed E-state index contributed by atoms with van der Waals surface area (Å²) in [6.07, 6.45) is 3.24. The Bertz CT molecular complexity index is 1450. The number of fused-ring (bicyclic) bond motifs is 3. The van der Waals surface area contributed by atoms with E-state index in [0.29, 0.717) is 55.4 Å². The topological polar surface area (TPSA) is 85.6 Å². The molecule has 1 spiro atoms. The summed E-state index contributed by atoms with van der Waals surface area (Å²) in [7, 11) is 2.06. The summed E-state index contributed by atoms with van der Waals surface area (Å²) in [5, 5.41) is 10.1. The van der Waals surface area contributed by atoms with Gasteiger partial charge >= 0.3 is 6.01 Å². The number of ether oxygens (including phenoxy) is 1. The fourth-order valence-electron chi connectivity index (χ4n) is 7.38. The highest BCUT2D eigenvalue weighted by Crippen LogP contribution is 2.56. The Hall–Kier alpha value is -3.29. The van der Waals surface area contributed by atoms with Gasteiger partial charge in [0.1, 0.15) is 12.4 Å². The Morgan fingerprint density at radius 2 is 2.00 bits per heavy atom. The molecule has 6 rings (SSSR count). The standard InChI is InChI=1S/C31H35ClF2N6O2/c1-19(33)29(41)40-16-15-39(17-20(40)10-13-35)28-23-9-12-31(11-8-22-24(31)6-3-7-25(22)32)27(34)26(23)36-30(37-28)42-18-21-5-4-14-38(21)2/h3,6-7,20-21,27H,1,4-5,8-12,14-18H2,2H3/t20-,21-,27-,31+/m0/s1. The molecule has 11 heteroatoms. The van der Waals surface area contributed by atoms with Gasteiger partial charge in [-0.1, -0.05) is 30.3 Å². The average Bonchev–Trinajstić information content (AvgIpc) is 3.57. The van der Waals surface area contributed by atoms with Crippen molar-refractivity contribution >= 4 is 23.3 Å². The molecule has 42 heavy (non-hydrogen) atoms. The van der Waals surface area contributed by atoms with Gasteiger partial charge in [-0.05, 0) is 69.3 Å². The number of carbonyl (C=O) groups is 1. The van der Waals surface area contributed by atoms with Crippen molar-refractivity contribution in [2.24, 2.45) is 0 Å². The number of likely N-dealkylation sites (N-methyl/N-ethyl adjacent to an activating group) is 1. The Balaban J connectivity index is 1.37. The van der Waals surface area contributed by atoms with Crippen molar-refractivity contribution in [3.05, 3.63) is 58.0 Å². The second-order valence-electron chi connectivity index (χ2n) is 11.9. The van der Waals surface area contributed by atoms with Crippen LogP contribution in [-0.4, -0.2) is 77.6 Å². The second-order valence-corrected chi connectivity index (χ2v) is 12.3. The molecular formula is C31H35ClF2N6O2. The van der Waals surface area contributed by atoms with Crippen LogP contribution in [0.1, 0.15) is 60.7 Å². The highest BCUT2D eigenvalue weighted by Gasteiger charge is 2.51. The van der Waals surface area contributed by atoms with Crippen LogP contribution in [0.25, 0.3) is 0 Å². The van der Waals surface area contributed by atoms with Gasteiger partial charge in [-0.15, -0.1) is 0 Å². The minimum Gasteiger partial charge on any atom is -0.462 e. The number of aromatic nitrogens is 2. The number of nitriles is 1. The van der Waals surface area contributed by atoms with Gasteiger partial charge < -0.3 is 19.4 Å². The molecule has 4 atom stereocenters. The van der Waals surface area contributed by atoms with E-state index in [0.717, 1.165) is 36.1 Å². The molecule has 2 saturated heterocycles. The fraction of sp³-hybridized carbons (Fsp3) is 0.548. The van der Waals surface area contributed by atoms with Crippen LogP contribution in [0.4, 0.5) is 14.6 Å². The first-order valence-electron chi connectivity index (χ1n) is 14.7. The van der Waals surface area contributed by atoms with E-state index in [4.69, 9.17) is 26.3 Å². The lowest BCUT2D eigenvalue weighted by Gasteiger charge is -2.43. The van der Waals surface area contributed by atoms with Gasteiger partial charge in [0, 0.05) is 41.7 Å². The normalized spacial score (nSPS) is 27.1. The summed E-state index contributed by atoms with van der Waals surface area (Å²) in [6, 6.07) is 7.63. The third-order valence-corrected chi connectivity index (χ3v) is 10.1. The number of likely N-dealkylation sites (tertiary alicyclic amines) is 1. The van der Waals surface area contributed by atoms with Gasteiger partial charge in [0.05, 0.1) is 24.2 Å². The van der Waals surface area contributed by atoms with Crippen LogP contribution >= 0.6 is 11.6 Å². The number of alkyl halides is 1. The van der Waals surface area contributed by atoms with E-state index in [2.05, 4.69) is 24.6 Å². The van der Waals surface area contributed by atoms with Crippen LogP contribution < -0.4 is 9.64 Å². The quantitative estimate of drug-likeness (QED) is 0.440. The van der Waals surface area contributed by atoms with Crippen LogP contribution in [0.3, 0.4) is 0 Å². The molecule has 0 unspecified atom stereocenters. The van der Waals surface area contributed by atoms with Crippen LogP contribution in [-0.2, 0) is 23.1 Å². The van der Waals surface area contributed by atoms with Gasteiger partial charge in [-0.2, -0.15) is 15.2 Å². The SMILES string of the molecule is C=C(F)C(=O)N1CCN(c2nc(OC[C@@H]3CCCN3C)nc3c2CC[C@@]2(CCc4c(Cl)cccc42)[C@H]3F)C[C@@H]1CC#N. The van der Waals surface area contributed by atoms with Crippen LogP contribution in [0.5, 0.6) is 6.01 Å². The van der Waals surface area contributed by atoms with E-state index in [1.54, 1.807) is 0 Å². The summed E-state index contributed by atoms with van der Waals surface area (Å²) in [4.78, 5) is 27.6. The number of hydrogen-bond donors (Lipinski definition) is 0. The molecule has 1 aromatic carbocycles. The number of hydrogen-bond acceptors (Lipinski definition) is 7. The number of nitrogens with zero attached hydrogens (tertiary/aromatic N) is 6. The fourth-order valence-corrected chi connectivity index (χ4v) is 7.65. The lowest BCUT2D eigenvalue weighted by molar-refractivity contribution is -0.131. The van der Waals surface area contributed by atoms with Gasteiger partial charge in [-0.25, -0.2) is 8.78 Å². The number of anilines is 1. The van der Waals surface area contributed by atoms with Crippen molar-refractivity contribution in [2.45, 2.75) is 68.6 Å². The first-order valence-corrected chi connectivity index (χ1v) is 15.0. The monoisotopic (exact) mass is 596 g/mol. The highest BCUT2D eigenvalue weighted by atomic mass is 35.5. The zero-order valence-corrected chi connectivity index (χ0v) is 24.5. The molecule has 0 bridgehead atoms. The van der Waals surface area contributed by atoms with Crippen molar-refractivity contribution in [3.63, 3.8) is 0 Å². The predicted molar refractivity (Wildman–Crippen MR) is 155 cm³/mol. The van der Waals surface area contributed by atoms with Crippen molar-refractivity contribution < 1.29 is 18.3 Å². The molecule has 0 radical (unpaired) electrons. The van der Waals surface area contributed by atoms with Gasteiger partial charge in [0.15, 0.2) is 12.0 Å². The van der Waals surface area contributed by atoms with E-state index in [9.17, 15) is 14.4 Å². The van der Waals surface area contributed by atoms with Crippen molar-refractivity contribution in [1.29, 1.82) is 5.26 Å². The minimum absolute atomic E-state index is 0.0204. The molecule has 1 amide bonds. The molecule has 2 aromatic rings. The molecule has 4 aliphatic rings. The number of benzene rings is 1. The van der Waals surface area contributed by atoms with Crippen LogP contribution in [0.2, 0.25) is 5.02 Å². The summed E-state index contributed by atoms with van der Waals surface area (Å²) in [5.41, 5.74) is 2.30. The Morgan fingerprint density at radius 1 is 1.21 bits per heavy atom. The number of carbonyl (C=O) groups excluding carboxylic acids is 1. The zero-order chi connectivity index (χ0) is 29.6. The Morgan fingerprint density at radius 3 is 2.71 bits per heavy atom. The van der Waals surface area contributed by atoms with Crippen molar-refractivity contribution in [2.75, 3.05) is 44.7 Å². The summed E-state index contributed by atoms with van der Waals surface area (Å²) in [5.74, 6) is -1.31. The first kappa shape index (κ1) is 28.8. The van der Waals surface area contributed by atoms with E-state index >= 15 is 4.39 Å². The second kappa shape index (κ2) is 11.4. The van der Waals surface area contributed by atoms with Gasteiger partial charge in [0.2, 0.25) is 0 Å². The van der Waals surface area contributed by atoms with Crippen LogP contribution in [0, 0.1) is 11.3 Å². The van der Waals surface area contributed by atoms with Gasteiger partial charge in [0.25, 0.3) is 5.91 Å². The predicted octanol–water partition coefficient (Wildman–Crippen LogP) is 4.86. The Kier molecular flexibility index (Phi) is 7.83. The zero-order valence-electron chi connectivity index (χ0n) is 23.8. The maximum atomic E-state index is 17.0. The van der Waals surface area contributed by atoms with Crippen molar-refractivity contribution in [1.82, 2.24) is 19.8 Å². The largest absolute Gasteiger partial charge is 0.462 e. The first-order chi connectivity index (χ1) is 20.2. The Labute approximate surface area is 249 Å². The minimum atomic E-state index is -1.38. The molecule has 2 aliphatic carbocycles. The molecule has 2 fully saturated rings. The third kappa shape index (κ3) is 4.90. The number of amides is 1. The summed E-state index contributed by atoms with van der Waals surface area (Å²) >= 11 is 6.52. The molecule has 3 heterocycles. The van der Waals surface area contributed by atoms with E-state index < -0.39 is 29.4 Å². The maximum absolute atomic E-state index is 17.0. The van der Waals surface area contributed by atoms with E-state index in [1.807, 2.05) is 23.1 Å². The average molecular weight is 597 g/mol. The summed E-state index contributed by atoms with van der Waals surface area (Å²) in [6.45, 7) is 5.32.